The molecule has 10 heteroatoms. The van der Waals surface area contributed by atoms with Gasteiger partial charge in [-0.1, -0.05) is 6.07 Å². The summed E-state index contributed by atoms with van der Waals surface area (Å²) in [5.74, 6) is 0.430. The second-order valence-corrected chi connectivity index (χ2v) is 9.62. The van der Waals surface area contributed by atoms with Crippen molar-refractivity contribution in [2.45, 2.75) is 17.7 Å². The van der Waals surface area contributed by atoms with E-state index in [1.165, 1.54) is 30.7 Å². The van der Waals surface area contributed by atoms with Gasteiger partial charge in [-0.05, 0) is 49.2 Å². The lowest BCUT2D eigenvalue weighted by Crippen LogP contribution is -2.41. The third-order valence-corrected chi connectivity index (χ3v) is 7.59. The van der Waals surface area contributed by atoms with E-state index in [0.717, 1.165) is 5.69 Å². The lowest BCUT2D eigenvalue weighted by atomic mass is 9.97. The average molecular weight is 471 g/mol. The largest absolute Gasteiger partial charge is 0.493 e. The zero-order valence-corrected chi connectivity index (χ0v) is 19.3. The molecular formula is C23H26N4O5S. The summed E-state index contributed by atoms with van der Waals surface area (Å²) in [6.45, 7) is 0.532. The van der Waals surface area contributed by atoms with Gasteiger partial charge in [-0.3, -0.25) is 4.79 Å². The number of carbonyl (C=O) groups is 1. The van der Waals surface area contributed by atoms with Gasteiger partial charge in [0, 0.05) is 43.2 Å². The zero-order valence-electron chi connectivity index (χ0n) is 18.5. The standard InChI is InChI=1S/C23H26N4O5S/c1-31-21-8-7-20(16-22(21)32-2)33(29,30)26-13-9-17(10-14-26)23(28)25-18-5-3-6-19(15-18)27-12-4-11-24-27/h3-8,11-12,15-17H,9-10,13-14H2,1-2H3,(H,25,28). The molecule has 0 atom stereocenters. The number of benzene rings is 2. The Balaban J connectivity index is 1.39. The number of hydrogen-bond donors (Lipinski definition) is 1. The van der Waals surface area contributed by atoms with Crippen LogP contribution in [0.5, 0.6) is 11.5 Å². The van der Waals surface area contributed by atoms with E-state index in [4.69, 9.17) is 9.47 Å². The minimum Gasteiger partial charge on any atom is -0.493 e. The molecule has 0 saturated carbocycles. The van der Waals surface area contributed by atoms with Crippen molar-refractivity contribution >= 4 is 21.6 Å². The monoisotopic (exact) mass is 470 g/mol. The van der Waals surface area contributed by atoms with Crippen LogP contribution in [0.2, 0.25) is 0 Å². The van der Waals surface area contributed by atoms with Crippen LogP contribution in [0.25, 0.3) is 5.69 Å². The van der Waals surface area contributed by atoms with Gasteiger partial charge in [0.15, 0.2) is 11.5 Å². The summed E-state index contributed by atoms with van der Waals surface area (Å²) >= 11 is 0. The first-order chi connectivity index (χ1) is 15.9. The van der Waals surface area contributed by atoms with E-state index in [9.17, 15) is 13.2 Å². The SMILES string of the molecule is COc1ccc(S(=O)(=O)N2CCC(C(=O)Nc3cccc(-n4cccn4)c3)CC2)cc1OC. The average Bonchev–Trinajstić information content (AvgIpc) is 3.39. The van der Waals surface area contributed by atoms with Gasteiger partial charge in [-0.2, -0.15) is 9.40 Å². The molecule has 1 aromatic heterocycles. The van der Waals surface area contributed by atoms with Crippen molar-refractivity contribution in [3.05, 3.63) is 60.9 Å². The molecule has 0 spiro atoms. The molecule has 2 aromatic carbocycles. The molecule has 1 aliphatic rings. The molecule has 1 amide bonds. The predicted octanol–water partition coefficient (Wildman–Crippen LogP) is 2.93. The van der Waals surface area contributed by atoms with Crippen molar-refractivity contribution in [3.63, 3.8) is 0 Å². The number of ether oxygens (including phenoxy) is 2. The van der Waals surface area contributed by atoms with E-state index < -0.39 is 10.0 Å². The number of nitrogens with zero attached hydrogens (tertiary/aromatic N) is 3. The van der Waals surface area contributed by atoms with E-state index in [1.54, 1.807) is 16.9 Å². The van der Waals surface area contributed by atoms with Crippen LogP contribution in [0.4, 0.5) is 5.69 Å². The molecule has 0 unspecified atom stereocenters. The van der Waals surface area contributed by atoms with Gasteiger partial charge in [0.2, 0.25) is 15.9 Å². The molecule has 9 nitrogen and oxygen atoms in total. The molecule has 0 aliphatic carbocycles. The predicted molar refractivity (Wildman–Crippen MR) is 123 cm³/mol. The highest BCUT2D eigenvalue weighted by molar-refractivity contribution is 7.89. The molecule has 0 bridgehead atoms. The summed E-state index contributed by atoms with van der Waals surface area (Å²) < 4.78 is 39.7. The Bertz CT molecular complexity index is 1220. The lowest BCUT2D eigenvalue weighted by Gasteiger charge is -2.30. The Kier molecular flexibility index (Phi) is 6.66. The van der Waals surface area contributed by atoms with Gasteiger partial charge in [-0.25, -0.2) is 13.1 Å². The van der Waals surface area contributed by atoms with Gasteiger partial charge in [-0.15, -0.1) is 0 Å². The number of sulfonamides is 1. The van der Waals surface area contributed by atoms with Crippen molar-refractivity contribution in [2.75, 3.05) is 32.6 Å². The number of amides is 1. The number of nitrogens with one attached hydrogen (secondary N) is 1. The van der Waals surface area contributed by atoms with Gasteiger partial charge >= 0.3 is 0 Å². The summed E-state index contributed by atoms with van der Waals surface area (Å²) in [5, 5.41) is 7.15. The highest BCUT2D eigenvalue weighted by Crippen LogP contribution is 2.32. The van der Waals surface area contributed by atoms with Crippen molar-refractivity contribution in [3.8, 4) is 17.2 Å². The fraction of sp³-hybridized carbons (Fsp3) is 0.304. The second-order valence-electron chi connectivity index (χ2n) is 7.69. The highest BCUT2D eigenvalue weighted by Gasteiger charge is 2.32. The summed E-state index contributed by atoms with van der Waals surface area (Å²) in [6, 6.07) is 13.8. The van der Waals surface area contributed by atoms with Crippen LogP contribution in [0.1, 0.15) is 12.8 Å². The number of carbonyl (C=O) groups excluding carboxylic acids is 1. The number of rotatable bonds is 7. The molecule has 3 aromatic rings. The van der Waals surface area contributed by atoms with Crippen LogP contribution in [0.15, 0.2) is 65.8 Å². The fourth-order valence-corrected chi connectivity index (χ4v) is 5.36. The molecule has 1 fully saturated rings. The number of methoxy groups -OCH3 is 2. The smallest absolute Gasteiger partial charge is 0.243 e. The summed E-state index contributed by atoms with van der Waals surface area (Å²) in [7, 11) is -0.745. The van der Waals surface area contributed by atoms with Crippen LogP contribution >= 0.6 is 0 Å². The molecule has 0 radical (unpaired) electrons. The minimum absolute atomic E-state index is 0.115. The first-order valence-electron chi connectivity index (χ1n) is 10.6. The summed E-state index contributed by atoms with van der Waals surface area (Å²) in [4.78, 5) is 13.0. The lowest BCUT2D eigenvalue weighted by molar-refractivity contribution is -0.120. The molecule has 2 heterocycles. The normalized spacial score (nSPS) is 15.2. The van der Waals surface area contributed by atoms with Crippen LogP contribution in [0.3, 0.4) is 0 Å². The van der Waals surface area contributed by atoms with Crippen LogP contribution in [-0.2, 0) is 14.8 Å². The van der Waals surface area contributed by atoms with E-state index in [0.29, 0.717) is 30.0 Å². The molecule has 4 rings (SSSR count). The first kappa shape index (κ1) is 22.8. The van der Waals surface area contributed by atoms with E-state index in [1.807, 2.05) is 36.5 Å². The first-order valence-corrected chi connectivity index (χ1v) is 12.0. The second kappa shape index (κ2) is 9.63. The Hall–Kier alpha value is -3.37. The van der Waals surface area contributed by atoms with Crippen molar-refractivity contribution in [1.82, 2.24) is 14.1 Å². The number of anilines is 1. The Morgan fingerprint density at radius 3 is 2.45 bits per heavy atom. The maximum atomic E-state index is 13.1. The van der Waals surface area contributed by atoms with Crippen molar-refractivity contribution in [1.29, 1.82) is 0 Å². The minimum atomic E-state index is -3.70. The van der Waals surface area contributed by atoms with Crippen LogP contribution < -0.4 is 14.8 Å². The molecule has 1 aliphatic heterocycles. The van der Waals surface area contributed by atoms with Gasteiger partial charge in [0.25, 0.3) is 0 Å². The maximum absolute atomic E-state index is 13.1. The summed E-state index contributed by atoms with van der Waals surface area (Å²) in [5.41, 5.74) is 1.52. The van der Waals surface area contributed by atoms with E-state index in [2.05, 4.69) is 10.4 Å². The summed E-state index contributed by atoms with van der Waals surface area (Å²) in [6.07, 6.45) is 4.40. The third kappa shape index (κ3) is 4.86. The van der Waals surface area contributed by atoms with Crippen molar-refractivity contribution < 1.29 is 22.7 Å². The molecular weight excluding hydrogens is 444 g/mol. The Labute approximate surface area is 193 Å². The number of piperidine rings is 1. The van der Waals surface area contributed by atoms with Gasteiger partial charge in [0.05, 0.1) is 24.8 Å². The zero-order chi connectivity index (χ0) is 23.4. The Morgan fingerprint density at radius 1 is 1.03 bits per heavy atom. The molecule has 33 heavy (non-hydrogen) atoms. The van der Waals surface area contributed by atoms with Gasteiger partial charge < -0.3 is 14.8 Å². The van der Waals surface area contributed by atoms with Crippen LogP contribution in [0, 0.1) is 5.92 Å². The quantitative estimate of drug-likeness (QED) is 0.570. The third-order valence-electron chi connectivity index (χ3n) is 5.70. The molecule has 1 saturated heterocycles. The van der Waals surface area contributed by atoms with Crippen LogP contribution in [-0.4, -0.2) is 55.7 Å². The fourth-order valence-electron chi connectivity index (χ4n) is 3.88. The maximum Gasteiger partial charge on any atom is 0.243 e. The van der Waals surface area contributed by atoms with Crippen molar-refractivity contribution in [2.24, 2.45) is 5.92 Å². The number of aromatic nitrogens is 2. The molecule has 174 valence electrons. The van der Waals surface area contributed by atoms with E-state index in [-0.39, 0.29) is 29.8 Å². The number of hydrogen-bond acceptors (Lipinski definition) is 6. The Morgan fingerprint density at radius 2 is 1.79 bits per heavy atom. The van der Waals surface area contributed by atoms with E-state index >= 15 is 0 Å². The topological polar surface area (TPSA) is 103 Å². The molecule has 1 N–H and O–H groups in total. The van der Waals surface area contributed by atoms with Gasteiger partial charge in [0.1, 0.15) is 0 Å². The highest BCUT2D eigenvalue weighted by atomic mass is 32.2.